The summed E-state index contributed by atoms with van der Waals surface area (Å²) >= 11 is 0. The van der Waals surface area contributed by atoms with Gasteiger partial charge in [0.05, 0.1) is 29.6 Å². The van der Waals surface area contributed by atoms with Crippen LogP contribution in [0.25, 0.3) is 11.3 Å². The van der Waals surface area contributed by atoms with Crippen LogP contribution in [-0.2, 0) is 36.2 Å². The zero-order chi connectivity index (χ0) is 28.4. The Bertz CT molecular complexity index is 1550. The average Bonchev–Trinajstić information content (AvgIpc) is 3.34. The Morgan fingerprint density at radius 1 is 1.05 bits per heavy atom. The number of nitrogens with zero attached hydrogens (tertiary/aromatic N) is 3. The van der Waals surface area contributed by atoms with Crippen LogP contribution >= 0.6 is 0 Å². The lowest BCUT2D eigenvalue weighted by Gasteiger charge is -2.20. The number of sulfonamides is 1. The summed E-state index contributed by atoms with van der Waals surface area (Å²) in [5, 5.41) is 0. The molecule has 0 radical (unpaired) electrons. The largest absolute Gasteiger partial charge is 0.497 e. The van der Waals surface area contributed by atoms with Crippen LogP contribution < -0.4 is 4.74 Å². The maximum atomic E-state index is 13.5. The van der Waals surface area contributed by atoms with Gasteiger partial charge in [-0.25, -0.2) is 13.4 Å². The number of rotatable bonds is 9. The Morgan fingerprint density at radius 3 is 2.38 bits per heavy atom. The van der Waals surface area contributed by atoms with Gasteiger partial charge in [-0.3, -0.25) is 0 Å². The standard InChI is InChI=1S/C29H30F3N3O3S/c1-20(22-6-5-7-24(15-22)29(30,31)32)14-23-10-13-26(16-27(23)28-18-34(2)19-33-28)39(36,37)35(3)17-21-8-11-25(38-4)12-9-21/h5-13,15-16,18-20H,14,17H2,1-4H3/t20-/m1/s1. The lowest BCUT2D eigenvalue weighted by atomic mass is 9.90. The molecule has 10 heteroatoms. The highest BCUT2D eigenvalue weighted by molar-refractivity contribution is 7.89. The Kier molecular flexibility index (Phi) is 8.17. The Balaban J connectivity index is 1.66. The van der Waals surface area contributed by atoms with E-state index >= 15 is 0 Å². The number of imidazole rings is 1. The number of methoxy groups -OCH3 is 1. The molecule has 4 rings (SSSR count). The third-order valence-corrected chi connectivity index (χ3v) is 8.44. The molecule has 0 saturated carbocycles. The predicted molar refractivity (Wildman–Crippen MR) is 144 cm³/mol. The minimum atomic E-state index is -4.43. The summed E-state index contributed by atoms with van der Waals surface area (Å²) in [6.07, 6.45) is -0.629. The minimum absolute atomic E-state index is 0.106. The van der Waals surface area contributed by atoms with Crippen molar-refractivity contribution >= 4 is 10.0 Å². The first-order chi connectivity index (χ1) is 18.4. The number of halogens is 3. The normalized spacial score (nSPS) is 13.0. The molecule has 0 aliphatic rings. The highest BCUT2D eigenvalue weighted by atomic mass is 32.2. The zero-order valence-corrected chi connectivity index (χ0v) is 22.9. The van der Waals surface area contributed by atoms with Gasteiger partial charge in [0, 0.05) is 32.4 Å². The first kappa shape index (κ1) is 28.4. The van der Waals surface area contributed by atoms with Gasteiger partial charge >= 0.3 is 6.18 Å². The lowest BCUT2D eigenvalue weighted by molar-refractivity contribution is -0.137. The molecule has 0 amide bonds. The van der Waals surface area contributed by atoms with Crippen molar-refractivity contribution in [1.29, 1.82) is 0 Å². The van der Waals surface area contributed by atoms with Crippen LogP contribution in [-0.4, -0.2) is 36.4 Å². The second-order valence-corrected chi connectivity index (χ2v) is 11.6. The van der Waals surface area contributed by atoms with Crippen molar-refractivity contribution in [3.8, 4) is 17.0 Å². The molecule has 206 valence electrons. The molecule has 0 spiro atoms. The summed E-state index contributed by atoms with van der Waals surface area (Å²) < 4.78 is 75.0. The van der Waals surface area contributed by atoms with Crippen molar-refractivity contribution in [1.82, 2.24) is 13.9 Å². The molecule has 1 heterocycles. The van der Waals surface area contributed by atoms with Crippen molar-refractivity contribution in [3.05, 3.63) is 102 Å². The summed E-state index contributed by atoms with van der Waals surface area (Å²) in [4.78, 5) is 4.53. The molecule has 1 atom stereocenters. The maximum absolute atomic E-state index is 13.5. The molecular formula is C29H30F3N3O3S. The Hall–Kier alpha value is -3.63. The fraction of sp³-hybridized carbons (Fsp3) is 0.276. The van der Waals surface area contributed by atoms with Crippen molar-refractivity contribution in [3.63, 3.8) is 0 Å². The van der Waals surface area contributed by atoms with Crippen LogP contribution in [0.15, 0.2) is 84.1 Å². The first-order valence-electron chi connectivity index (χ1n) is 12.3. The molecule has 3 aromatic carbocycles. The smallest absolute Gasteiger partial charge is 0.416 e. The van der Waals surface area contributed by atoms with Crippen molar-refractivity contribution in [2.75, 3.05) is 14.2 Å². The van der Waals surface area contributed by atoms with Gasteiger partial charge in [0.25, 0.3) is 0 Å². The zero-order valence-electron chi connectivity index (χ0n) is 22.1. The highest BCUT2D eigenvalue weighted by Gasteiger charge is 2.31. The molecule has 0 saturated heterocycles. The van der Waals surface area contributed by atoms with Gasteiger partial charge in [-0.15, -0.1) is 0 Å². The van der Waals surface area contributed by atoms with Crippen molar-refractivity contribution < 1.29 is 26.3 Å². The second-order valence-electron chi connectivity index (χ2n) is 9.58. The van der Waals surface area contributed by atoms with E-state index < -0.39 is 21.8 Å². The van der Waals surface area contributed by atoms with Crippen LogP contribution in [0.5, 0.6) is 5.75 Å². The maximum Gasteiger partial charge on any atom is 0.416 e. The van der Waals surface area contributed by atoms with Crippen molar-refractivity contribution in [2.45, 2.75) is 36.9 Å². The van der Waals surface area contributed by atoms with Gasteiger partial charge < -0.3 is 9.30 Å². The van der Waals surface area contributed by atoms with Crippen LogP contribution in [0.2, 0.25) is 0 Å². The molecular weight excluding hydrogens is 527 g/mol. The third kappa shape index (κ3) is 6.51. The topological polar surface area (TPSA) is 64.4 Å². The van der Waals surface area contributed by atoms with E-state index in [0.29, 0.717) is 29.0 Å². The summed E-state index contributed by atoms with van der Waals surface area (Å²) in [5.41, 5.74) is 2.64. The number of ether oxygens (including phenoxy) is 1. The summed E-state index contributed by atoms with van der Waals surface area (Å²) in [7, 11) is 1.04. The van der Waals surface area contributed by atoms with Gasteiger partial charge in [0.1, 0.15) is 5.75 Å². The number of hydrogen-bond donors (Lipinski definition) is 0. The predicted octanol–water partition coefficient (Wildman–Crippen LogP) is 6.28. The van der Waals surface area contributed by atoms with E-state index in [1.807, 2.05) is 26.1 Å². The molecule has 4 aromatic rings. The van der Waals surface area contributed by atoms with Crippen LogP contribution in [0.1, 0.15) is 35.1 Å². The Morgan fingerprint density at radius 2 is 1.77 bits per heavy atom. The number of alkyl halides is 3. The molecule has 0 aliphatic carbocycles. The van der Waals surface area contributed by atoms with Gasteiger partial charge in [-0.2, -0.15) is 17.5 Å². The van der Waals surface area contributed by atoms with E-state index in [0.717, 1.165) is 23.3 Å². The molecule has 6 nitrogen and oxygen atoms in total. The van der Waals surface area contributed by atoms with Crippen LogP contribution in [0.3, 0.4) is 0 Å². The number of hydrogen-bond acceptors (Lipinski definition) is 4. The van der Waals surface area contributed by atoms with E-state index in [9.17, 15) is 21.6 Å². The van der Waals surface area contributed by atoms with E-state index in [1.54, 1.807) is 60.6 Å². The third-order valence-electron chi connectivity index (χ3n) is 6.64. The van der Waals surface area contributed by atoms with Gasteiger partial charge in [0.15, 0.2) is 0 Å². The van der Waals surface area contributed by atoms with Crippen LogP contribution in [0.4, 0.5) is 13.2 Å². The van der Waals surface area contributed by atoms with Gasteiger partial charge in [-0.1, -0.05) is 43.3 Å². The lowest BCUT2D eigenvalue weighted by Crippen LogP contribution is -2.26. The highest BCUT2D eigenvalue weighted by Crippen LogP contribution is 2.34. The summed E-state index contributed by atoms with van der Waals surface area (Å²) in [6.45, 7) is 2.02. The molecule has 1 aromatic heterocycles. The average molecular weight is 558 g/mol. The van der Waals surface area contributed by atoms with Gasteiger partial charge in [-0.05, 0) is 59.4 Å². The number of aromatic nitrogens is 2. The molecule has 0 fully saturated rings. The van der Waals surface area contributed by atoms with Crippen LogP contribution in [0, 0.1) is 0 Å². The number of benzene rings is 3. The monoisotopic (exact) mass is 557 g/mol. The summed E-state index contributed by atoms with van der Waals surface area (Å²) in [6, 6.07) is 17.3. The SMILES string of the molecule is COc1ccc(CN(C)S(=O)(=O)c2ccc(C[C@@H](C)c3cccc(C(F)(F)F)c3)c(-c3cn(C)cn3)c2)cc1. The minimum Gasteiger partial charge on any atom is -0.497 e. The van der Waals surface area contributed by atoms with E-state index in [1.165, 1.54) is 17.4 Å². The fourth-order valence-corrected chi connectivity index (χ4v) is 5.59. The Labute approximate surface area is 226 Å². The molecule has 0 unspecified atom stereocenters. The van der Waals surface area contributed by atoms with E-state index in [-0.39, 0.29) is 17.4 Å². The van der Waals surface area contributed by atoms with Gasteiger partial charge in [0.2, 0.25) is 10.0 Å². The quantitative estimate of drug-likeness (QED) is 0.243. The fourth-order valence-electron chi connectivity index (χ4n) is 4.41. The molecule has 0 bridgehead atoms. The molecule has 39 heavy (non-hydrogen) atoms. The molecule has 0 aliphatic heterocycles. The first-order valence-corrected chi connectivity index (χ1v) is 13.7. The van der Waals surface area contributed by atoms with Crippen molar-refractivity contribution in [2.24, 2.45) is 7.05 Å². The number of aryl methyl sites for hydroxylation is 1. The van der Waals surface area contributed by atoms with E-state index in [2.05, 4.69) is 4.98 Å². The van der Waals surface area contributed by atoms with E-state index in [4.69, 9.17) is 4.74 Å². The second kappa shape index (κ2) is 11.2. The molecule has 0 N–H and O–H groups in total. The summed E-state index contributed by atoms with van der Waals surface area (Å²) in [5.74, 6) is 0.425.